The molecule has 26 heavy (non-hydrogen) atoms. The molecule has 3 nitrogen and oxygen atoms in total. The summed E-state index contributed by atoms with van der Waals surface area (Å²) >= 11 is 0. The molecule has 144 valence electrons. The Morgan fingerprint density at radius 1 is 1.00 bits per heavy atom. The second kappa shape index (κ2) is 9.82. The maximum Gasteiger partial charge on any atom is 0.185 e. The summed E-state index contributed by atoms with van der Waals surface area (Å²) in [6, 6.07) is 0. The Labute approximate surface area is 158 Å². The van der Waals surface area contributed by atoms with Gasteiger partial charge in [-0.1, -0.05) is 23.8 Å². The first-order valence-electron chi connectivity index (χ1n) is 9.56. The van der Waals surface area contributed by atoms with Gasteiger partial charge in [0.05, 0.1) is 5.60 Å². The van der Waals surface area contributed by atoms with Crippen LogP contribution in [0.5, 0.6) is 0 Å². The maximum atomic E-state index is 12.5. The van der Waals surface area contributed by atoms with Gasteiger partial charge in [-0.15, -0.1) is 0 Å². The van der Waals surface area contributed by atoms with Gasteiger partial charge in [-0.2, -0.15) is 0 Å². The predicted molar refractivity (Wildman–Crippen MR) is 108 cm³/mol. The van der Waals surface area contributed by atoms with Crippen LogP contribution in [0.25, 0.3) is 0 Å². The van der Waals surface area contributed by atoms with Crippen LogP contribution in [-0.2, 0) is 9.59 Å². The summed E-state index contributed by atoms with van der Waals surface area (Å²) in [5, 5.41) is 10.7. The van der Waals surface area contributed by atoms with Gasteiger partial charge < -0.3 is 5.11 Å². The van der Waals surface area contributed by atoms with Crippen LogP contribution in [0.2, 0.25) is 0 Å². The zero-order valence-electron chi connectivity index (χ0n) is 17.2. The highest BCUT2D eigenvalue weighted by Gasteiger charge is 2.29. The van der Waals surface area contributed by atoms with E-state index in [1.165, 1.54) is 5.57 Å². The molecular weight excluding hydrogens is 324 g/mol. The number of aliphatic hydroxyl groups is 1. The molecule has 0 amide bonds. The number of rotatable bonds is 9. The van der Waals surface area contributed by atoms with Gasteiger partial charge in [0.25, 0.3) is 0 Å². The topological polar surface area (TPSA) is 54.4 Å². The Balaban J connectivity index is 2.61. The fraction of sp³-hybridized carbons (Fsp3) is 0.565. The first kappa shape index (κ1) is 22.3. The van der Waals surface area contributed by atoms with E-state index < -0.39 is 5.60 Å². The maximum absolute atomic E-state index is 12.5. The molecule has 1 aliphatic carbocycles. The zero-order chi connectivity index (χ0) is 19.9. The largest absolute Gasteiger partial charge is 0.390 e. The van der Waals surface area contributed by atoms with Crippen LogP contribution in [-0.4, -0.2) is 22.3 Å². The average Bonchev–Trinajstić information content (AvgIpc) is 2.58. The van der Waals surface area contributed by atoms with Gasteiger partial charge in [-0.3, -0.25) is 9.59 Å². The third-order valence-electron chi connectivity index (χ3n) is 5.34. The first-order chi connectivity index (χ1) is 12.1. The van der Waals surface area contributed by atoms with Gasteiger partial charge in [0.1, 0.15) is 0 Å². The van der Waals surface area contributed by atoms with E-state index in [4.69, 9.17) is 0 Å². The molecule has 0 heterocycles. The first-order valence-corrected chi connectivity index (χ1v) is 9.56. The normalized spacial score (nSPS) is 19.0. The van der Waals surface area contributed by atoms with Gasteiger partial charge in [-0.25, -0.2) is 0 Å². The summed E-state index contributed by atoms with van der Waals surface area (Å²) in [5.41, 5.74) is 2.67. The Hall–Kier alpha value is -1.74. The summed E-state index contributed by atoms with van der Waals surface area (Å²) in [7, 11) is 0. The van der Waals surface area contributed by atoms with E-state index >= 15 is 0 Å². The Morgan fingerprint density at radius 3 is 2.23 bits per heavy atom. The summed E-state index contributed by atoms with van der Waals surface area (Å²) in [4.78, 5) is 24.7. The molecule has 0 aliphatic heterocycles. The highest BCUT2D eigenvalue weighted by Crippen LogP contribution is 2.30. The Kier molecular flexibility index (Phi) is 8.42. The van der Waals surface area contributed by atoms with Crippen LogP contribution >= 0.6 is 0 Å². The number of carbonyl (C=O) groups excluding carboxylic acids is 2. The quantitative estimate of drug-likeness (QED) is 0.443. The fourth-order valence-corrected chi connectivity index (χ4v) is 3.19. The molecule has 0 aromatic rings. The molecule has 1 unspecified atom stereocenters. The zero-order valence-corrected chi connectivity index (χ0v) is 17.2. The van der Waals surface area contributed by atoms with Gasteiger partial charge in [0.2, 0.25) is 0 Å². The number of ketones is 2. The van der Waals surface area contributed by atoms with E-state index in [0.717, 1.165) is 19.3 Å². The van der Waals surface area contributed by atoms with Crippen LogP contribution in [0.4, 0.5) is 0 Å². The lowest BCUT2D eigenvalue weighted by atomic mass is 9.82. The highest BCUT2D eigenvalue weighted by atomic mass is 16.3. The summed E-state index contributed by atoms with van der Waals surface area (Å²) < 4.78 is 0. The molecule has 0 aromatic carbocycles. The van der Waals surface area contributed by atoms with Crippen LogP contribution < -0.4 is 0 Å². The van der Waals surface area contributed by atoms with Crippen molar-refractivity contribution >= 4 is 11.6 Å². The van der Waals surface area contributed by atoms with Crippen molar-refractivity contribution in [2.24, 2.45) is 0 Å². The van der Waals surface area contributed by atoms with Crippen LogP contribution in [0.3, 0.4) is 0 Å². The second-order valence-electron chi connectivity index (χ2n) is 7.71. The Bertz CT molecular complexity index is 670. The lowest BCUT2D eigenvalue weighted by Gasteiger charge is -2.25. The van der Waals surface area contributed by atoms with E-state index in [-0.39, 0.29) is 11.6 Å². The Morgan fingerprint density at radius 2 is 1.62 bits per heavy atom. The molecule has 1 aliphatic rings. The molecule has 0 bridgehead atoms. The second-order valence-corrected chi connectivity index (χ2v) is 7.71. The molecular formula is C23H34O3. The van der Waals surface area contributed by atoms with Crippen molar-refractivity contribution < 1.29 is 14.7 Å². The van der Waals surface area contributed by atoms with Crippen molar-refractivity contribution in [3.63, 3.8) is 0 Å². The van der Waals surface area contributed by atoms with Crippen LogP contribution in [0, 0.1) is 0 Å². The molecule has 0 fully saturated rings. The van der Waals surface area contributed by atoms with Gasteiger partial charge in [0, 0.05) is 22.3 Å². The van der Waals surface area contributed by atoms with E-state index in [1.54, 1.807) is 20.8 Å². The van der Waals surface area contributed by atoms with Crippen LogP contribution in [0.1, 0.15) is 80.1 Å². The van der Waals surface area contributed by atoms with Gasteiger partial charge in [0.15, 0.2) is 11.6 Å². The van der Waals surface area contributed by atoms with Crippen molar-refractivity contribution in [2.45, 2.75) is 85.7 Å². The van der Waals surface area contributed by atoms with Gasteiger partial charge in [-0.05, 0) is 80.1 Å². The molecule has 0 radical (unpaired) electrons. The number of hydrogen-bond donors (Lipinski definition) is 1. The van der Waals surface area contributed by atoms with Crippen molar-refractivity contribution in [3.8, 4) is 0 Å². The fourth-order valence-electron chi connectivity index (χ4n) is 3.19. The third kappa shape index (κ3) is 6.21. The predicted octanol–water partition coefficient (Wildman–Crippen LogP) is 5.41. The smallest absolute Gasteiger partial charge is 0.185 e. The highest BCUT2D eigenvalue weighted by molar-refractivity contribution is 6.24. The number of allylic oxidation sites excluding steroid dienone is 8. The molecule has 0 spiro atoms. The summed E-state index contributed by atoms with van der Waals surface area (Å²) in [6.07, 6.45) is 10.9. The molecule has 1 atom stereocenters. The van der Waals surface area contributed by atoms with Gasteiger partial charge >= 0.3 is 0 Å². The van der Waals surface area contributed by atoms with Crippen molar-refractivity contribution in [3.05, 3.63) is 46.1 Å². The average molecular weight is 359 g/mol. The monoisotopic (exact) mass is 358 g/mol. The minimum Gasteiger partial charge on any atom is -0.390 e. The van der Waals surface area contributed by atoms with Crippen molar-refractivity contribution in [1.29, 1.82) is 0 Å². The summed E-state index contributed by atoms with van der Waals surface area (Å²) in [6.45, 7) is 11.1. The molecule has 0 saturated heterocycles. The number of carbonyl (C=O) groups is 2. The third-order valence-corrected chi connectivity index (χ3v) is 5.34. The minimum atomic E-state index is -0.846. The van der Waals surface area contributed by atoms with E-state index in [0.29, 0.717) is 41.6 Å². The molecule has 0 saturated carbocycles. The van der Waals surface area contributed by atoms with E-state index in [1.807, 2.05) is 13.8 Å². The minimum absolute atomic E-state index is 0.0450. The SMILES string of the molecule is C/C=C\CC/C(C)=C/CCC(C)(O)CCC1=C(C)C(=O)C(C)=C(C)C1=O. The molecule has 1 rings (SSSR count). The molecule has 0 aromatic heterocycles. The lowest BCUT2D eigenvalue weighted by Crippen LogP contribution is -2.26. The lowest BCUT2D eigenvalue weighted by molar-refractivity contribution is -0.116. The number of hydrogen-bond acceptors (Lipinski definition) is 3. The standard InChI is InChI=1S/C23H34O3/c1-7-8-9-11-16(2)12-10-14-23(6,26)15-13-20-19(5)21(24)17(3)18(4)22(20)25/h7-8,12,26H,9-11,13-15H2,1-6H3/b8-7-,16-12+. The van der Waals surface area contributed by atoms with E-state index in [2.05, 4.69) is 25.2 Å². The summed E-state index contributed by atoms with van der Waals surface area (Å²) in [5.74, 6) is -0.0912. The van der Waals surface area contributed by atoms with Crippen molar-refractivity contribution in [1.82, 2.24) is 0 Å². The number of Topliss-reactive ketones (excluding diaryl/α,β-unsaturated/α-hetero) is 2. The van der Waals surface area contributed by atoms with Crippen LogP contribution in [0.15, 0.2) is 46.1 Å². The molecule has 3 heteroatoms. The van der Waals surface area contributed by atoms with E-state index in [9.17, 15) is 14.7 Å². The molecule has 1 N–H and O–H groups in total. The van der Waals surface area contributed by atoms with Crippen molar-refractivity contribution in [2.75, 3.05) is 0 Å².